The van der Waals surface area contributed by atoms with Crippen LogP contribution in [0, 0.1) is 12.8 Å². The molecule has 1 fully saturated rings. The van der Waals surface area contributed by atoms with E-state index in [-0.39, 0.29) is 5.91 Å². The summed E-state index contributed by atoms with van der Waals surface area (Å²) in [5, 5.41) is 3.00. The fourth-order valence-corrected chi connectivity index (χ4v) is 2.88. The topological polar surface area (TPSA) is 60.0 Å². The number of hydrogen-bond acceptors (Lipinski definition) is 5. The SMILES string of the molecule is COc1cc(C(=O)NC[C@@H](C)CN2CCOCC2)cc(OC)c1C. The molecule has 0 radical (unpaired) electrons. The monoisotopic (exact) mass is 336 g/mol. The molecule has 1 aliphatic rings. The number of methoxy groups -OCH3 is 2. The highest BCUT2D eigenvalue weighted by molar-refractivity contribution is 5.95. The minimum atomic E-state index is -0.111. The molecule has 0 aliphatic carbocycles. The zero-order chi connectivity index (χ0) is 17.5. The van der Waals surface area contributed by atoms with Gasteiger partial charge in [-0.25, -0.2) is 0 Å². The highest BCUT2D eigenvalue weighted by Crippen LogP contribution is 2.29. The van der Waals surface area contributed by atoms with E-state index in [0.717, 1.165) is 38.4 Å². The maximum Gasteiger partial charge on any atom is 0.251 e. The van der Waals surface area contributed by atoms with Gasteiger partial charge in [-0.05, 0) is 25.0 Å². The van der Waals surface area contributed by atoms with Crippen molar-refractivity contribution in [3.8, 4) is 11.5 Å². The first-order valence-corrected chi connectivity index (χ1v) is 8.36. The summed E-state index contributed by atoms with van der Waals surface area (Å²) in [5.41, 5.74) is 1.44. The average molecular weight is 336 g/mol. The molecule has 1 aromatic carbocycles. The molecule has 0 bridgehead atoms. The Hall–Kier alpha value is -1.79. The van der Waals surface area contributed by atoms with Gasteiger partial charge in [0.15, 0.2) is 0 Å². The van der Waals surface area contributed by atoms with Gasteiger partial charge in [-0.2, -0.15) is 0 Å². The van der Waals surface area contributed by atoms with Gasteiger partial charge in [0.1, 0.15) is 11.5 Å². The van der Waals surface area contributed by atoms with Gasteiger partial charge in [0, 0.05) is 37.3 Å². The van der Waals surface area contributed by atoms with Gasteiger partial charge in [0.25, 0.3) is 5.91 Å². The van der Waals surface area contributed by atoms with Gasteiger partial charge in [0.05, 0.1) is 27.4 Å². The van der Waals surface area contributed by atoms with Crippen molar-refractivity contribution in [3.63, 3.8) is 0 Å². The second-order valence-corrected chi connectivity index (χ2v) is 6.23. The minimum absolute atomic E-state index is 0.111. The molecule has 1 aliphatic heterocycles. The van der Waals surface area contributed by atoms with E-state index in [4.69, 9.17) is 14.2 Å². The lowest BCUT2D eigenvalue weighted by Crippen LogP contribution is -2.41. The Balaban J connectivity index is 1.91. The molecule has 0 saturated carbocycles. The zero-order valence-electron chi connectivity index (χ0n) is 15.1. The number of amides is 1. The molecular formula is C18H28N2O4. The molecule has 0 unspecified atom stereocenters. The van der Waals surface area contributed by atoms with Crippen LogP contribution in [0.4, 0.5) is 0 Å². The highest BCUT2D eigenvalue weighted by Gasteiger charge is 2.16. The van der Waals surface area contributed by atoms with Crippen molar-refractivity contribution in [1.29, 1.82) is 0 Å². The molecule has 1 heterocycles. The van der Waals surface area contributed by atoms with Crippen LogP contribution in [0.1, 0.15) is 22.8 Å². The Kier molecular flexibility index (Phi) is 6.87. The predicted octanol–water partition coefficient (Wildman–Crippen LogP) is 1.71. The molecule has 6 heteroatoms. The molecule has 2 rings (SSSR count). The van der Waals surface area contributed by atoms with Crippen LogP contribution in [-0.4, -0.2) is 64.4 Å². The summed E-state index contributed by atoms with van der Waals surface area (Å²) in [7, 11) is 3.18. The van der Waals surface area contributed by atoms with Crippen LogP contribution in [0.25, 0.3) is 0 Å². The van der Waals surface area contributed by atoms with Crippen molar-refractivity contribution in [2.24, 2.45) is 5.92 Å². The number of nitrogens with zero attached hydrogens (tertiary/aromatic N) is 1. The molecule has 1 N–H and O–H groups in total. The maximum absolute atomic E-state index is 12.4. The second kappa shape index (κ2) is 8.89. The number of carbonyl (C=O) groups is 1. The minimum Gasteiger partial charge on any atom is -0.496 e. The van der Waals surface area contributed by atoms with Gasteiger partial charge in [-0.3, -0.25) is 9.69 Å². The van der Waals surface area contributed by atoms with Crippen LogP contribution in [0.2, 0.25) is 0 Å². The number of ether oxygens (including phenoxy) is 3. The van der Waals surface area contributed by atoms with Crippen molar-refractivity contribution >= 4 is 5.91 Å². The number of morpholine rings is 1. The van der Waals surface area contributed by atoms with Crippen molar-refractivity contribution in [2.75, 3.05) is 53.6 Å². The summed E-state index contributed by atoms with van der Waals surface area (Å²) in [4.78, 5) is 14.8. The Morgan fingerprint density at radius 2 is 1.83 bits per heavy atom. The first-order valence-electron chi connectivity index (χ1n) is 8.36. The summed E-state index contributed by atoms with van der Waals surface area (Å²) in [6, 6.07) is 3.50. The number of nitrogens with one attached hydrogen (secondary N) is 1. The lowest BCUT2D eigenvalue weighted by molar-refractivity contribution is 0.0317. The smallest absolute Gasteiger partial charge is 0.251 e. The van der Waals surface area contributed by atoms with Crippen LogP contribution >= 0.6 is 0 Å². The summed E-state index contributed by atoms with van der Waals surface area (Å²) >= 11 is 0. The van der Waals surface area contributed by atoms with Crippen molar-refractivity contribution in [3.05, 3.63) is 23.3 Å². The van der Waals surface area contributed by atoms with Gasteiger partial charge in [0.2, 0.25) is 0 Å². The normalized spacial score (nSPS) is 16.5. The average Bonchev–Trinajstić information content (AvgIpc) is 2.60. The van der Waals surface area contributed by atoms with Crippen LogP contribution in [-0.2, 0) is 4.74 Å². The van der Waals surface area contributed by atoms with E-state index < -0.39 is 0 Å². The third-order valence-electron chi connectivity index (χ3n) is 4.30. The van der Waals surface area contributed by atoms with Gasteiger partial charge < -0.3 is 19.5 Å². The van der Waals surface area contributed by atoms with E-state index in [2.05, 4.69) is 17.1 Å². The van der Waals surface area contributed by atoms with Gasteiger partial charge in [-0.15, -0.1) is 0 Å². The molecule has 1 amide bonds. The number of rotatable bonds is 7. The fraction of sp³-hybridized carbons (Fsp3) is 0.611. The molecule has 1 aromatic rings. The lowest BCUT2D eigenvalue weighted by atomic mass is 10.1. The van der Waals surface area contributed by atoms with E-state index in [1.807, 2.05) is 6.92 Å². The van der Waals surface area contributed by atoms with E-state index in [9.17, 15) is 4.79 Å². The summed E-state index contributed by atoms with van der Waals surface area (Å²) in [6.45, 7) is 9.16. The summed E-state index contributed by atoms with van der Waals surface area (Å²) in [6.07, 6.45) is 0. The molecular weight excluding hydrogens is 308 g/mol. The van der Waals surface area contributed by atoms with E-state index in [0.29, 0.717) is 29.5 Å². The number of benzene rings is 1. The van der Waals surface area contributed by atoms with Crippen molar-refractivity contribution in [1.82, 2.24) is 10.2 Å². The Morgan fingerprint density at radius 3 is 2.38 bits per heavy atom. The summed E-state index contributed by atoms with van der Waals surface area (Å²) < 4.78 is 16.0. The molecule has 0 spiro atoms. The summed E-state index contributed by atoms with van der Waals surface area (Å²) in [5.74, 6) is 1.57. The van der Waals surface area contributed by atoms with E-state index >= 15 is 0 Å². The Labute approximate surface area is 144 Å². The quantitative estimate of drug-likeness (QED) is 0.821. The first-order chi connectivity index (χ1) is 11.5. The molecule has 6 nitrogen and oxygen atoms in total. The maximum atomic E-state index is 12.4. The third-order valence-corrected chi connectivity index (χ3v) is 4.30. The van der Waals surface area contributed by atoms with Crippen LogP contribution in [0.15, 0.2) is 12.1 Å². The van der Waals surface area contributed by atoms with Crippen LogP contribution in [0.5, 0.6) is 11.5 Å². The van der Waals surface area contributed by atoms with E-state index in [1.54, 1.807) is 26.4 Å². The first kappa shape index (κ1) is 18.5. The van der Waals surface area contributed by atoms with E-state index in [1.165, 1.54) is 0 Å². The van der Waals surface area contributed by atoms with Crippen LogP contribution < -0.4 is 14.8 Å². The predicted molar refractivity (Wildman–Crippen MR) is 93.0 cm³/mol. The van der Waals surface area contributed by atoms with Crippen molar-refractivity contribution in [2.45, 2.75) is 13.8 Å². The molecule has 134 valence electrons. The van der Waals surface area contributed by atoms with Gasteiger partial charge >= 0.3 is 0 Å². The number of hydrogen-bond donors (Lipinski definition) is 1. The van der Waals surface area contributed by atoms with Crippen LogP contribution in [0.3, 0.4) is 0 Å². The van der Waals surface area contributed by atoms with Gasteiger partial charge in [-0.1, -0.05) is 6.92 Å². The second-order valence-electron chi connectivity index (χ2n) is 6.23. The highest BCUT2D eigenvalue weighted by atomic mass is 16.5. The Morgan fingerprint density at radius 1 is 1.25 bits per heavy atom. The fourth-order valence-electron chi connectivity index (χ4n) is 2.88. The molecule has 0 aromatic heterocycles. The lowest BCUT2D eigenvalue weighted by Gasteiger charge is -2.29. The largest absolute Gasteiger partial charge is 0.496 e. The van der Waals surface area contributed by atoms with Crippen molar-refractivity contribution < 1.29 is 19.0 Å². The Bertz CT molecular complexity index is 531. The molecule has 24 heavy (non-hydrogen) atoms. The third kappa shape index (κ3) is 4.85. The molecule has 1 atom stereocenters. The zero-order valence-corrected chi connectivity index (χ0v) is 15.1. The molecule has 1 saturated heterocycles. The number of carbonyl (C=O) groups excluding carboxylic acids is 1. The standard InChI is InChI=1S/C18H28N2O4/c1-13(12-20-5-7-24-8-6-20)11-19-18(21)15-9-16(22-3)14(2)17(10-15)23-4/h9-10,13H,5-8,11-12H2,1-4H3,(H,19,21)/t13-/m1/s1.